The number of hydrogen-bond acceptors (Lipinski definition) is 1. The lowest BCUT2D eigenvalue weighted by Crippen LogP contribution is -2.32. The molecule has 0 aromatic heterocycles. The summed E-state index contributed by atoms with van der Waals surface area (Å²) in [5, 5.41) is 10.6. The topological polar surface area (TPSA) is 20.2 Å². The van der Waals surface area contributed by atoms with E-state index >= 15 is 0 Å². The lowest BCUT2D eigenvalue weighted by Gasteiger charge is -2.36. The maximum atomic E-state index is 14.1. The molecule has 0 amide bonds. The Bertz CT molecular complexity index is 438. The first-order valence-electron chi connectivity index (χ1n) is 5.80. The molecule has 1 aliphatic carbocycles. The lowest BCUT2D eigenvalue weighted by atomic mass is 9.75. The van der Waals surface area contributed by atoms with E-state index in [0.29, 0.717) is 28.8 Å². The zero-order valence-electron chi connectivity index (χ0n) is 9.64. The third-order valence-electron chi connectivity index (χ3n) is 3.51. The average Bonchev–Trinajstić information content (AvgIpc) is 2.25. The van der Waals surface area contributed by atoms with Crippen molar-refractivity contribution in [2.45, 2.75) is 38.2 Å². The van der Waals surface area contributed by atoms with Crippen LogP contribution in [0, 0.1) is 11.7 Å². The molecule has 1 nitrogen and oxygen atoms in total. The Balaban J connectivity index is 2.42. The fourth-order valence-corrected chi connectivity index (χ4v) is 3.12. The van der Waals surface area contributed by atoms with Gasteiger partial charge < -0.3 is 5.11 Å². The van der Waals surface area contributed by atoms with Gasteiger partial charge in [-0.3, -0.25) is 0 Å². The van der Waals surface area contributed by atoms with Crippen molar-refractivity contribution < 1.29 is 9.50 Å². The van der Waals surface area contributed by atoms with Gasteiger partial charge in [-0.25, -0.2) is 4.39 Å². The molecule has 0 saturated heterocycles. The van der Waals surface area contributed by atoms with Crippen molar-refractivity contribution >= 4 is 27.5 Å². The Hall–Kier alpha value is -0.120. The molecule has 2 atom stereocenters. The fourth-order valence-electron chi connectivity index (χ4n) is 2.65. The summed E-state index contributed by atoms with van der Waals surface area (Å²) in [5.41, 5.74) is -0.733. The third kappa shape index (κ3) is 2.51. The Labute approximate surface area is 114 Å². The number of aliphatic hydroxyl groups is 1. The lowest BCUT2D eigenvalue weighted by molar-refractivity contribution is -0.0207. The molecule has 1 fully saturated rings. The SMILES string of the molecule is CC1CCCC(O)(c2ccc(Br)c(Cl)c2F)C1. The van der Waals surface area contributed by atoms with Gasteiger partial charge in [-0.2, -0.15) is 0 Å². The van der Waals surface area contributed by atoms with E-state index in [1.165, 1.54) is 0 Å². The minimum Gasteiger partial charge on any atom is -0.385 e. The van der Waals surface area contributed by atoms with E-state index in [2.05, 4.69) is 22.9 Å². The maximum absolute atomic E-state index is 14.1. The second-order valence-corrected chi connectivity index (χ2v) is 6.19. The van der Waals surface area contributed by atoms with Crippen LogP contribution in [0.15, 0.2) is 16.6 Å². The van der Waals surface area contributed by atoms with Crippen LogP contribution in [0.3, 0.4) is 0 Å². The molecular weight excluding hydrogens is 306 g/mol. The highest BCUT2D eigenvalue weighted by atomic mass is 79.9. The van der Waals surface area contributed by atoms with Crippen molar-refractivity contribution in [2.75, 3.05) is 0 Å². The van der Waals surface area contributed by atoms with Gasteiger partial charge >= 0.3 is 0 Å². The zero-order valence-corrected chi connectivity index (χ0v) is 12.0. The van der Waals surface area contributed by atoms with E-state index in [4.69, 9.17) is 11.6 Å². The zero-order chi connectivity index (χ0) is 12.6. The van der Waals surface area contributed by atoms with E-state index in [9.17, 15) is 9.50 Å². The van der Waals surface area contributed by atoms with Crippen molar-refractivity contribution in [3.05, 3.63) is 33.0 Å². The van der Waals surface area contributed by atoms with Crippen molar-refractivity contribution in [1.29, 1.82) is 0 Å². The normalized spacial score (nSPS) is 29.4. The standard InChI is InChI=1S/C13H15BrClFO/c1-8-3-2-6-13(17,7-8)9-4-5-10(14)11(15)12(9)16/h4-5,8,17H,2-3,6-7H2,1H3. The highest BCUT2D eigenvalue weighted by molar-refractivity contribution is 9.10. The quantitative estimate of drug-likeness (QED) is 0.747. The molecule has 0 bridgehead atoms. The predicted octanol–water partition coefficient (Wildman–Crippen LogP) is 4.64. The van der Waals surface area contributed by atoms with Crippen LogP contribution < -0.4 is 0 Å². The number of benzene rings is 1. The smallest absolute Gasteiger partial charge is 0.149 e. The predicted molar refractivity (Wildman–Crippen MR) is 70.6 cm³/mol. The van der Waals surface area contributed by atoms with Gasteiger partial charge in [-0.05, 0) is 47.2 Å². The second-order valence-electron chi connectivity index (χ2n) is 4.96. The molecule has 2 rings (SSSR count). The third-order valence-corrected chi connectivity index (χ3v) is 4.77. The Morgan fingerprint density at radius 3 is 2.88 bits per heavy atom. The van der Waals surface area contributed by atoms with Crippen LogP contribution in [0.4, 0.5) is 4.39 Å². The second kappa shape index (κ2) is 4.87. The van der Waals surface area contributed by atoms with Gasteiger partial charge in [0.15, 0.2) is 0 Å². The van der Waals surface area contributed by atoms with Gasteiger partial charge in [-0.1, -0.05) is 31.0 Å². The minimum absolute atomic E-state index is 0.0501. The molecule has 1 saturated carbocycles. The van der Waals surface area contributed by atoms with Crippen molar-refractivity contribution in [1.82, 2.24) is 0 Å². The van der Waals surface area contributed by atoms with Gasteiger partial charge in [0, 0.05) is 10.0 Å². The molecule has 1 N–H and O–H groups in total. The molecule has 17 heavy (non-hydrogen) atoms. The van der Waals surface area contributed by atoms with E-state index in [1.807, 2.05) is 0 Å². The number of halogens is 3. The van der Waals surface area contributed by atoms with Crippen LogP contribution in [0.5, 0.6) is 0 Å². The summed E-state index contributed by atoms with van der Waals surface area (Å²) >= 11 is 9.05. The van der Waals surface area contributed by atoms with E-state index in [1.54, 1.807) is 12.1 Å². The average molecular weight is 322 g/mol. The van der Waals surface area contributed by atoms with Gasteiger partial charge in [0.2, 0.25) is 0 Å². The summed E-state index contributed by atoms with van der Waals surface area (Å²) in [4.78, 5) is 0. The van der Waals surface area contributed by atoms with Crippen LogP contribution >= 0.6 is 27.5 Å². The summed E-state index contributed by atoms with van der Waals surface area (Å²) in [5.74, 6) is -0.0896. The molecule has 1 aromatic carbocycles. The summed E-state index contributed by atoms with van der Waals surface area (Å²) in [7, 11) is 0. The molecule has 4 heteroatoms. The van der Waals surface area contributed by atoms with Gasteiger partial charge in [0.25, 0.3) is 0 Å². The van der Waals surface area contributed by atoms with E-state index < -0.39 is 11.4 Å². The fraction of sp³-hybridized carbons (Fsp3) is 0.538. The Kier molecular flexibility index (Phi) is 3.81. The molecule has 1 aromatic rings. The molecular formula is C13H15BrClFO. The Morgan fingerprint density at radius 2 is 2.24 bits per heavy atom. The summed E-state index contributed by atoms with van der Waals surface area (Å²) in [6, 6.07) is 3.32. The molecule has 1 aliphatic rings. The minimum atomic E-state index is -1.06. The van der Waals surface area contributed by atoms with Gasteiger partial charge in [0.1, 0.15) is 5.82 Å². The largest absolute Gasteiger partial charge is 0.385 e. The molecule has 94 valence electrons. The molecule has 2 unspecified atom stereocenters. The first-order chi connectivity index (χ1) is 7.94. The van der Waals surface area contributed by atoms with Crippen LogP contribution in [0.25, 0.3) is 0 Å². The van der Waals surface area contributed by atoms with Crippen LogP contribution in [0.2, 0.25) is 5.02 Å². The van der Waals surface area contributed by atoms with E-state index in [0.717, 1.165) is 12.8 Å². The van der Waals surface area contributed by atoms with Gasteiger partial charge in [-0.15, -0.1) is 0 Å². The first-order valence-corrected chi connectivity index (χ1v) is 6.97. The van der Waals surface area contributed by atoms with Crippen LogP contribution in [-0.4, -0.2) is 5.11 Å². The monoisotopic (exact) mass is 320 g/mol. The maximum Gasteiger partial charge on any atom is 0.149 e. The molecule has 0 spiro atoms. The summed E-state index contributed by atoms with van der Waals surface area (Å²) < 4.78 is 14.6. The van der Waals surface area contributed by atoms with Crippen molar-refractivity contribution in [3.8, 4) is 0 Å². The molecule has 0 radical (unpaired) electrons. The highest BCUT2D eigenvalue weighted by Crippen LogP contribution is 2.42. The van der Waals surface area contributed by atoms with Gasteiger partial charge in [0.05, 0.1) is 10.6 Å². The van der Waals surface area contributed by atoms with Crippen LogP contribution in [-0.2, 0) is 5.60 Å². The highest BCUT2D eigenvalue weighted by Gasteiger charge is 2.37. The first kappa shape index (κ1) is 13.3. The summed E-state index contributed by atoms with van der Waals surface area (Å²) in [6.45, 7) is 2.09. The van der Waals surface area contributed by atoms with Crippen molar-refractivity contribution in [2.24, 2.45) is 5.92 Å². The summed E-state index contributed by atoms with van der Waals surface area (Å²) in [6.07, 6.45) is 3.22. The molecule has 0 aliphatic heterocycles. The Morgan fingerprint density at radius 1 is 1.53 bits per heavy atom. The van der Waals surface area contributed by atoms with Crippen molar-refractivity contribution in [3.63, 3.8) is 0 Å². The number of rotatable bonds is 1. The molecule has 0 heterocycles. The number of hydrogen-bond donors (Lipinski definition) is 1. The van der Waals surface area contributed by atoms with E-state index in [-0.39, 0.29) is 5.02 Å². The van der Waals surface area contributed by atoms with Crippen LogP contribution in [0.1, 0.15) is 38.2 Å².